The number of nitrogens with one attached hydrogen (secondary N) is 1. The van der Waals surface area contributed by atoms with E-state index in [0.29, 0.717) is 0 Å². The van der Waals surface area contributed by atoms with Crippen LogP contribution in [-0.4, -0.2) is 19.1 Å². The molecule has 1 N–H and O–H groups in total. The van der Waals surface area contributed by atoms with Crippen LogP contribution in [0.2, 0.25) is 0 Å². The number of benzene rings is 1. The molecule has 0 spiro atoms. The van der Waals surface area contributed by atoms with E-state index < -0.39 is 5.97 Å². The van der Waals surface area contributed by atoms with Gasteiger partial charge in [-0.2, -0.15) is 0 Å². The van der Waals surface area contributed by atoms with E-state index in [1.807, 2.05) is 12.1 Å². The highest BCUT2D eigenvalue weighted by Crippen LogP contribution is 2.02. The fourth-order valence-electron chi connectivity index (χ4n) is 2.20. The van der Waals surface area contributed by atoms with Crippen LogP contribution in [-0.2, 0) is 6.54 Å². The van der Waals surface area contributed by atoms with E-state index in [2.05, 4.69) is 13.8 Å². The molecule has 1 aromatic rings. The zero-order valence-corrected chi connectivity index (χ0v) is 12.1. The molecule has 0 aliphatic heterocycles. The maximum atomic E-state index is 10.7. The molecule has 19 heavy (non-hydrogen) atoms. The fourth-order valence-corrected chi connectivity index (χ4v) is 2.20. The molecular formula is C16H25NO2. The lowest BCUT2D eigenvalue weighted by molar-refractivity contribution is -0.914. The molecule has 0 saturated carbocycles. The van der Waals surface area contributed by atoms with E-state index in [0.717, 1.165) is 6.54 Å². The van der Waals surface area contributed by atoms with Crippen LogP contribution in [0, 0.1) is 0 Å². The van der Waals surface area contributed by atoms with E-state index >= 15 is 0 Å². The molecule has 1 aromatic carbocycles. The van der Waals surface area contributed by atoms with Gasteiger partial charge in [-0.15, -0.1) is 0 Å². The molecule has 0 bridgehead atoms. The summed E-state index contributed by atoms with van der Waals surface area (Å²) in [6.45, 7) is 7.79. The van der Waals surface area contributed by atoms with Crippen LogP contribution < -0.4 is 10.0 Å². The summed E-state index contributed by atoms with van der Waals surface area (Å²) in [5, 5.41) is 10.7. The second kappa shape index (κ2) is 8.70. The Morgan fingerprint density at radius 2 is 1.58 bits per heavy atom. The minimum absolute atomic E-state index is 0.257. The average Bonchev–Trinajstić information content (AvgIpc) is 2.42. The van der Waals surface area contributed by atoms with Crippen molar-refractivity contribution in [1.82, 2.24) is 0 Å². The average molecular weight is 263 g/mol. The molecule has 0 unspecified atom stereocenters. The van der Waals surface area contributed by atoms with Gasteiger partial charge < -0.3 is 14.8 Å². The first-order valence-corrected chi connectivity index (χ1v) is 7.31. The Morgan fingerprint density at radius 1 is 1.05 bits per heavy atom. The first kappa shape index (κ1) is 15.7. The van der Waals surface area contributed by atoms with Crippen LogP contribution in [0.25, 0.3) is 0 Å². The van der Waals surface area contributed by atoms with Crippen LogP contribution in [0.5, 0.6) is 0 Å². The quantitative estimate of drug-likeness (QED) is 0.723. The minimum Gasteiger partial charge on any atom is -0.545 e. The van der Waals surface area contributed by atoms with Crippen molar-refractivity contribution >= 4 is 5.97 Å². The molecule has 0 heterocycles. The highest BCUT2D eigenvalue weighted by molar-refractivity contribution is 5.85. The topological polar surface area (TPSA) is 44.6 Å². The number of carboxylic acids is 1. The van der Waals surface area contributed by atoms with Gasteiger partial charge in [0.15, 0.2) is 0 Å². The standard InChI is InChI=1S/C16H25NO2/c1-3-5-11-17(12-6-4-2)13-14-7-9-15(10-8-14)16(18)19/h7-10H,3-6,11-13H2,1-2H3,(H,18,19). The summed E-state index contributed by atoms with van der Waals surface area (Å²) in [5.41, 5.74) is 1.46. The monoisotopic (exact) mass is 263 g/mol. The minimum atomic E-state index is -1.10. The van der Waals surface area contributed by atoms with Crippen molar-refractivity contribution in [3.63, 3.8) is 0 Å². The van der Waals surface area contributed by atoms with E-state index in [4.69, 9.17) is 0 Å². The van der Waals surface area contributed by atoms with Gasteiger partial charge in [0, 0.05) is 5.56 Å². The molecule has 0 atom stereocenters. The lowest BCUT2D eigenvalue weighted by atomic mass is 10.1. The van der Waals surface area contributed by atoms with Gasteiger partial charge >= 0.3 is 0 Å². The number of hydrogen-bond donors (Lipinski definition) is 1. The Kier molecular flexibility index (Phi) is 7.19. The van der Waals surface area contributed by atoms with Crippen LogP contribution in [0.1, 0.15) is 55.5 Å². The van der Waals surface area contributed by atoms with Gasteiger partial charge in [0.05, 0.1) is 19.1 Å². The first-order valence-electron chi connectivity index (χ1n) is 7.31. The van der Waals surface area contributed by atoms with Gasteiger partial charge in [-0.1, -0.05) is 51.0 Å². The second-order valence-corrected chi connectivity index (χ2v) is 5.12. The number of aromatic carboxylic acids is 1. The van der Waals surface area contributed by atoms with Gasteiger partial charge in [-0.3, -0.25) is 0 Å². The fraction of sp³-hybridized carbons (Fsp3) is 0.562. The van der Waals surface area contributed by atoms with Crippen LogP contribution in [0.4, 0.5) is 0 Å². The van der Waals surface area contributed by atoms with Crippen molar-refractivity contribution < 1.29 is 14.8 Å². The Hall–Kier alpha value is -1.35. The SMILES string of the molecule is CCCC[NH+](CCCC)Cc1ccc(C(=O)[O-])cc1. The number of quaternary nitrogens is 1. The summed E-state index contributed by atoms with van der Waals surface area (Å²) in [4.78, 5) is 12.3. The molecule has 106 valence electrons. The molecular weight excluding hydrogens is 238 g/mol. The summed E-state index contributed by atoms with van der Waals surface area (Å²) in [7, 11) is 0. The maximum Gasteiger partial charge on any atom is 0.103 e. The second-order valence-electron chi connectivity index (χ2n) is 5.12. The van der Waals surface area contributed by atoms with Gasteiger partial charge in [-0.25, -0.2) is 0 Å². The van der Waals surface area contributed by atoms with Crippen molar-refractivity contribution in [1.29, 1.82) is 0 Å². The van der Waals surface area contributed by atoms with Gasteiger partial charge in [0.1, 0.15) is 6.54 Å². The summed E-state index contributed by atoms with van der Waals surface area (Å²) in [5.74, 6) is -1.10. The third kappa shape index (κ3) is 5.88. The number of rotatable bonds is 9. The van der Waals surface area contributed by atoms with Gasteiger partial charge in [0.2, 0.25) is 0 Å². The summed E-state index contributed by atoms with van der Waals surface area (Å²) < 4.78 is 0. The van der Waals surface area contributed by atoms with Gasteiger partial charge in [0.25, 0.3) is 0 Å². The molecule has 0 fully saturated rings. The summed E-state index contributed by atoms with van der Waals surface area (Å²) in [6, 6.07) is 7.09. The highest BCUT2D eigenvalue weighted by Gasteiger charge is 2.08. The molecule has 3 heteroatoms. The molecule has 0 aromatic heterocycles. The Labute approximate surface area is 116 Å². The Morgan fingerprint density at radius 3 is 2.00 bits per heavy atom. The third-order valence-corrected chi connectivity index (χ3v) is 3.41. The highest BCUT2D eigenvalue weighted by atomic mass is 16.4. The molecule has 0 radical (unpaired) electrons. The third-order valence-electron chi connectivity index (χ3n) is 3.41. The zero-order chi connectivity index (χ0) is 14.1. The molecule has 3 nitrogen and oxygen atoms in total. The summed E-state index contributed by atoms with van der Waals surface area (Å²) >= 11 is 0. The maximum absolute atomic E-state index is 10.7. The van der Waals surface area contributed by atoms with Crippen LogP contribution >= 0.6 is 0 Å². The molecule has 0 amide bonds. The molecule has 0 aliphatic carbocycles. The van der Waals surface area contributed by atoms with Gasteiger partial charge in [-0.05, 0) is 18.4 Å². The number of hydrogen-bond acceptors (Lipinski definition) is 2. The Balaban J connectivity index is 2.58. The number of carbonyl (C=O) groups excluding carboxylic acids is 1. The van der Waals surface area contributed by atoms with E-state index in [9.17, 15) is 9.90 Å². The number of carboxylic acid groups (broad SMARTS) is 1. The van der Waals surface area contributed by atoms with Crippen molar-refractivity contribution in [2.24, 2.45) is 0 Å². The molecule has 0 aliphatic rings. The largest absolute Gasteiger partial charge is 0.545 e. The predicted octanol–water partition coefficient (Wildman–Crippen LogP) is 1.04. The van der Waals surface area contributed by atoms with Crippen molar-refractivity contribution in [3.8, 4) is 0 Å². The Bertz CT molecular complexity index is 365. The lowest BCUT2D eigenvalue weighted by Crippen LogP contribution is -3.10. The molecule has 0 saturated heterocycles. The molecule has 1 rings (SSSR count). The van der Waals surface area contributed by atoms with Crippen molar-refractivity contribution in [3.05, 3.63) is 35.4 Å². The zero-order valence-electron chi connectivity index (χ0n) is 12.1. The number of unbranched alkanes of at least 4 members (excludes halogenated alkanes) is 2. The predicted molar refractivity (Wildman–Crippen MR) is 75.0 cm³/mol. The van der Waals surface area contributed by atoms with E-state index in [1.54, 1.807) is 17.0 Å². The van der Waals surface area contributed by atoms with Crippen LogP contribution in [0.15, 0.2) is 24.3 Å². The normalized spacial score (nSPS) is 10.9. The number of carbonyl (C=O) groups is 1. The van der Waals surface area contributed by atoms with Crippen molar-refractivity contribution in [2.75, 3.05) is 13.1 Å². The first-order chi connectivity index (χ1) is 9.17. The smallest absolute Gasteiger partial charge is 0.103 e. The lowest BCUT2D eigenvalue weighted by Gasteiger charge is -2.19. The summed E-state index contributed by atoms with van der Waals surface area (Å²) in [6.07, 6.45) is 4.94. The van der Waals surface area contributed by atoms with E-state index in [1.165, 1.54) is 44.3 Å². The van der Waals surface area contributed by atoms with E-state index in [-0.39, 0.29) is 5.56 Å². The van der Waals surface area contributed by atoms with Crippen molar-refractivity contribution in [2.45, 2.75) is 46.1 Å². The van der Waals surface area contributed by atoms with Crippen LogP contribution in [0.3, 0.4) is 0 Å².